The van der Waals surface area contributed by atoms with Gasteiger partial charge in [-0.05, 0) is 48.3 Å². The second-order valence-electron chi connectivity index (χ2n) is 6.82. The number of rotatable bonds is 5. The van der Waals surface area contributed by atoms with Crippen LogP contribution in [0.25, 0.3) is 0 Å². The van der Waals surface area contributed by atoms with E-state index in [1.807, 2.05) is 12.1 Å². The number of nitrogens with one attached hydrogen (secondary N) is 1. The Bertz CT molecular complexity index is 459. The highest BCUT2D eigenvalue weighted by Gasteiger charge is 2.30. The molecule has 1 fully saturated rings. The molecule has 0 heterocycles. The SMILES string of the molecule is COc1ccc(CNC2CC(C)CCC2C(C)C)cc1O. The van der Waals surface area contributed by atoms with E-state index in [0.29, 0.717) is 11.8 Å². The van der Waals surface area contributed by atoms with E-state index in [4.69, 9.17) is 4.74 Å². The summed E-state index contributed by atoms with van der Waals surface area (Å²) in [7, 11) is 1.57. The summed E-state index contributed by atoms with van der Waals surface area (Å²) < 4.78 is 5.09. The summed E-state index contributed by atoms with van der Waals surface area (Å²) in [5.41, 5.74) is 1.11. The molecule has 3 nitrogen and oxygen atoms in total. The minimum Gasteiger partial charge on any atom is -0.504 e. The number of benzene rings is 1. The molecule has 0 aliphatic heterocycles. The summed E-state index contributed by atoms with van der Waals surface area (Å²) in [6, 6.07) is 6.22. The zero-order chi connectivity index (χ0) is 15.4. The lowest BCUT2D eigenvalue weighted by Gasteiger charge is -2.38. The van der Waals surface area contributed by atoms with Gasteiger partial charge in [0.25, 0.3) is 0 Å². The molecular formula is C18H29NO2. The highest BCUT2D eigenvalue weighted by atomic mass is 16.5. The lowest BCUT2D eigenvalue weighted by Crippen LogP contribution is -2.42. The van der Waals surface area contributed by atoms with Crippen molar-refractivity contribution >= 4 is 0 Å². The van der Waals surface area contributed by atoms with Gasteiger partial charge in [-0.2, -0.15) is 0 Å². The van der Waals surface area contributed by atoms with Crippen molar-refractivity contribution in [1.29, 1.82) is 0 Å². The van der Waals surface area contributed by atoms with Gasteiger partial charge in [0.1, 0.15) is 0 Å². The van der Waals surface area contributed by atoms with E-state index in [1.54, 1.807) is 13.2 Å². The third-order valence-corrected chi connectivity index (χ3v) is 4.83. The zero-order valence-corrected chi connectivity index (χ0v) is 13.7. The Hall–Kier alpha value is -1.22. The van der Waals surface area contributed by atoms with E-state index in [2.05, 4.69) is 26.1 Å². The van der Waals surface area contributed by atoms with Crippen molar-refractivity contribution in [1.82, 2.24) is 5.32 Å². The molecule has 0 aromatic heterocycles. The van der Waals surface area contributed by atoms with Gasteiger partial charge < -0.3 is 15.2 Å². The third-order valence-electron chi connectivity index (χ3n) is 4.83. The molecule has 3 heteroatoms. The van der Waals surface area contributed by atoms with Crippen LogP contribution < -0.4 is 10.1 Å². The lowest BCUT2D eigenvalue weighted by molar-refractivity contribution is 0.169. The van der Waals surface area contributed by atoms with Crippen LogP contribution in [0, 0.1) is 17.8 Å². The van der Waals surface area contributed by atoms with Crippen LogP contribution in [-0.4, -0.2) is 18.3 Å². The van der Waals surface area contributed by atoms with E-state index < -0.39 is 0 Å². The molecule has 2 rings (SSSR count). The first-order chi connectivity index (χ1) is 10.0. The Morgan fingerprint density at radius 2 is 2.10 bits per heavy atom. The molecule has 0 bridgehead atoms. The first-order valence-electron chi connectivity index (χ1n) is 8.10. The Balaban J connectivity index is 1.98. The third kappa shape index (κ3) is 4.13. The van der Waals surface area contributed by atoms with Gasteiger partial charge in [0.2, 0.25) is 0 Å². The van der Waals surface area contributed by atoms with Crippen LogP contribution >= 0.6 is 0 Å². The Morgan fingerprint density at radius 1 is 1.33 bits per heavy atom. The molecule has 1 aliphatic carbocycles. The van der Waals surface area contributed by atoms with Gasteiger partial charge in [-0.3, -0.25) is 0 Å². The molecular weight excluding hydrogens is 262 g/mol. The van der Waals surface area contributed by atoms with E-state index in [0.717, 1.165) is 29.9 Å². The van der Waals surface area contributed by atoms with Crippen LogP contribution in [0.3, 0.4) is 0 Å². The number of hydrogen-bond donors (Lipinski definition) is 2. The molecule has 0 radical (unpaired) electrons. The van der Waals surface area contributed by atoms with Gasteiger partial charge in [-0.25, -0.2) is 0 Å². The minimum atomic E-state index is 0.217. The van der Waals surface area contributed by atoms with Gasteiger partial charge in [-0.1, -0.05) is 33.3 Å². The zero-order valence-electron chi connectivity index (χ0n) is 13.7. The molecule has 3 atom stereocenters. The van der Waals surface area contributed by atoms with E-state index in [-0.39, 0.29) is 5.75 Å². The van der Waals surface area contributed by atoms with Gasteiger partial charge in [0.15, 0.2) is 11.5 Å². The number of methoxy groups -OCH3 is 1. The molecule has 0 saturated heterocycles. The van der Waals surface area contributed by atoms with Crippen molar-refractivity contribution in [3.63, 3.8) is 0 Å². The number of phenolic OH excluding ortho intramolecular Hbond substituents is 1. The van der Waals surface area contributed by atoms with Gasteiger partial charge >= 0.3 is 0 Å². The fraction of sp³-hybridized carbons (Fsp3) is 0.667. The molecule has 1 aliphatic rings. The van der Waals surface area contributed by atoms with E-state index in [9.17, 15) is 5.11 Å². The second kappa shape index (κ2) is 7.17. The lowest BCUT2D eigenvalue weighted by atomic mass is 9.74. The van der Waals surface area contributed by atoms with E-state index in [1.165, 1.54) is 19.3 Å². The van der Waals surface area contributed by atoms with Crippen LogP contribution in [0.5, 0.6) is 11.5 Å². The first-order valence-corrected chi connectivity index (χ1v) is 8.10. The summed E-state index contributed by atoms with van der Waals surface area (Å²) in [6.07, 6.45) is 3.93. The standard InChI is InChI=1S/C18H29NO2/c1-12(2)15-7-5-13(3)9-16(15)19-11-14-6-8-18(21-4)17(20)10-14/h6,8,10,12-13,15-16,19-20H,5,7,9,11H2,1-4H3. The van der Waals surface area contributed by atoms with Crippen molar-refractivity contribution in [3.8, 4) is 11.5 Å². The van der Waals surface area contributed by atoms with Crippen molar-refractivity contribution in [3.05, 3.63) is 23.8 Å². The Labute approximate surface area is 128 Å². The van der Waals surface area contributed by atoms with Crippen molar-refractivity contribution in [2.45, 2.75) is 52.6 Å². The number of ether oxygens (including phenoxy) is 1. The number of aromatic hydroxyl groups is 1. The molecule has 0 amide bonds. The maximum atomic E-state index is 9.86. The maximum Gasteiger partial charge on any atom is 0.160 e. The molecule has 1 aromatic rings. The topological polar surface area (TPSA) is 41.5 Å². The molecule has 0 spiro atoms. The average molecular weight is 291 g/mol. The molecule has 3 unspecified atom stereocenters. The van der Waals surface area contributed by atoms with Crippen molar-refractivity contribution in [2.24, 2.45) is 17.8 Å². The Morgan fingerprint density at radius 3 is 2.71 bits per heavy atom. The van der Waals surface area contributed by atoms with E-state index >= 15 is 0 Å². The predicted octanol–water partition coefficient (Wildman–Crippen LogP) is 3.95. The summed E-state index contributed by atoms with van der Waals surface area (Å²) in [6.45, 7) is 7.81. The minimum absolute atomic E-state index is 0.217. The van der Waals surface area contributed by atoms with Gasteiger partial charge in [0, 0.05) is 12.6 Å². The van der Waals surface area contributed by atoms with Crippen LogP contribution in [0.4, 0.5) is 0 Å². The molecule has 2 N–H and O–H groups in total. The molecule has 1 saturated carbocycles. The van der Waals surface area contributed by atoms with Crippen molar-refractivity contribution < 1.29 is 9.84 Å². The molecule has 1 aromatic carbocycles. The van der Waals surface area contributed by atoms with Gasteiger partial charge in [-0.15, -0.1) is 0 Å². The smallest absolute Gasteiger partial charge is 0.160 e. The summed E-state index contributed by atoms with van der Waals surface area (Å²) >= 11 is 0. The van der Waals surface area contributed by atoms with Crippen LogP contribution in [0.2, 0.25) is 0 Å². The first kappa shape index (κ1) is 16.2. The summed E-state index contributed by atoms with van der Waals surface area (Å²) in [5, 5.41) is 13.6. The number of hydrogen-bond acceptors (Lipinski definition) is 3. The average Bonchev–Trinajstić information content (AvgIpc) is 2.45. The normalized spacial score (nSPS) is 26.0. The largest absolute Gasteiger partial charge is 0.504 e. The Kier molecular flexibility index (Phi) is 5.51. The van der Waals surface area contributed by atoms with Crippen LogP contribution in [0.15, 0.2) is 18.2 Å². The highest BCUT2D eigenvalue weighted by molar-refractivity contribution is 5.41. The number of phenols is 1. The monoisotopic (exact) mass is 291 g/mol. The van der Waals surface area contributed by atoms with Crippen molar-refractivity contribution in [2.75, 3.05) is 7.11 Å². The van der Waals surface area contributed by atoms with Gasteiger partial charge in [0.05, 0.1) is 7.11 Å². The predicted molar refractivity (Wildman–Crippen MR) is 86.6 cm³/mol. The second-order valence-corrected chi connectivity index (χ2v) is 6.82. The summed E-state index contributed by atoms with van der Waals surface area (Å²) in [4.78, 5) is 0. The fourth-order valence-electron chi connectivity index (χ4n) is 3.53. The molecule has 21 heavy (non-hydrogen) atoms. The quantitative estimate of drug-likeness (QED) is 0.863. The fourth-order valence-corrected chi connectivity index (χ4v) is 3.53. The molecule has 118 valence electrons. The van der Waals surface area contributed by atoms with Crippen LogP contribution in [-0.2, 0) is 6.54 Å². The maximum absolute atomic E-state index is 9.86. The van der Waals surface area contributed by atoms with Crippen LogP contribution in [0.1, 0.15) is 45.6 Å². The summed E-state index contributed by atoms with van der Waals surface area (Å²) in [5.74, 6) is 3.04. The highest BCUT2D eigenvalue weighted by Crippen LogP contribution is 2.34.